The van der Waals surface area contributed by atoms with Gasteiger partial charge in [-0.3, -0.25) is 4.79 Å². The molecule has 0 radical (unpaired) electrons. The minimum Gasteiger partial charge on any atom is -0.497 e. The van der Waals surface area contributed by atoms with Gasteiger partial charge < -0.3 is 29.2 Å². The van der Waals surface area contributed by atoms with Crippen molar-refractivity contribution < 1.29 is 28.9 Å². The number of carboxylic acid groups (broad SMARTS) is 1. The number of anilines is 1. The number of carbonyl (C=O) groups is 2. The molecule has 1 aromatic heterocycles. The molecular formula is C23H22N2O6. The van der Waals surface area contributed by atoms with E-state index in [-0.39, 0.29) is 23.6 Å². The van der Waals surface area contributed by atoms with Crippen LogP contribution in [0.5, 0.6) is 17.2 Å². The number of carboxylic acids is 1. The number of carbonyl (C=O) groups excluding carboxylic acids is 1. The highest BCUT2D eigenvalue weighted by Gasteiger charge is 2.36. The average Bonchev–Trinajstić information content (AvgIpc) is 3.17. The molecule has 3 aromatic rings. The van der Waals surface area contributed by atoms with Crippen LogP contribution in [-0.4, -0.2) is 42.9 Å². The summed E-state index contributed by atoms with van der Waals surface area (Å²) < 4.78 is 18.0. The minimum atomic E-state index is -1.13. The van der Waals surface area contributed by atoms with Crippen molar-refractivity contribution in [2.24, 2.45) is 0 Å². The van der Waals surface area contributed by atoms with Gasteiger partial charge in [0.25, 0.3) is 0 Å². The van der Waals surface area contributed by atoms with E-state index >= 15 is 0 Å². The molecule has 0 aliphatic carbocycles. The SMILES string of the molecule is COc1cccc(-n2cc(C(=O)O)c3c2[C@H](c2cc(OC)ccc2OC)CC(=O)N3)c1. The number of methoxy groups -OCH3 is 3. The van der Waals surface area contributed by atoms with Crippen LogP contribution in [0.4, 0.5) is 5.69 Å². The van der Waals surface area contributed by atoms with Gasteiger partial charge in [-0.05, 0) is 30.3 Å². The van der Waals surface area contributed by atoms with Crippen LogP contribution >= 0.6 is 0 Å². The third kappa shape index (κ3) is 3.56. The summed E-state index contributed by atoms with van der Waals surface area (Å²) >= 11 is 0. The van der Waals surface area contributed by atoms with Crippen LogP contribution < -0.4 is 19.5 Å². The van der Waals surface area contributed by atoms with Crippen molar-refractivity contribution >= 4 is 17.6 Å². The third-order valence-corrected chi connectivity index (χ3v) is 5.40. The number of amides is 1. The first-order valence-electron chi connectivity index (χ1n) is 9.61. The second-order valence-corrected chi connectivity index (χ2v) is 7.09. The molecule has 1 aliphatic heterocycles. The van der Waals surface area contributed by atoms with Crippen molar-refractivity contribution in [3.63, 3.8) is 0 Å². The molecule has 0 bridgehead atoms. The van der Waals surface area contributed by atoms with E-state index in [4.69, 9.17) is 14.2 Å². The first-order valence-corrected chi connectivity index (χ1v) is 9.61. The normalized spacial score (nSPS) is 15.1. The topological polar surface area (TPSA) is 99.0 Å². The molecule has 0 spiro atoms. The predicted octanol–water partition coefficient (Wildman–Crippen LogP) is 3.68. The summed E-state index contributed by atoms with van der Waals surface area (Å²) in [6.45, 7) is 0. The molecular weight excluding hydrogens is 400 g/mol. The number of fused-ring (bicyclic) bond motifs is 1. The summed E-state index contributed by atoms with van der Waals surface area (Å²) in [5.41, 5.74) is 2.39. The zero-order chi connectivity index (χ0) is 22.1. The Labute approximate surface area is 179 Å². The van der Waals surface area contributed by atoms with Crippen LogP contribution in [-0.2, 0) is 4.79 Å². The Balaban J connectivity index is 2.00. The monoisotopic (exact) mass is 422 g/mol. The molecule has 0 saturated heterocycles. The number of rotatable bonds is 6. The molecule has 160 valence electrons. The molecule has 0 fully saturated rings. The maximum atomic E-state index is 12.6. The van der Waals surface area contributed by atoms with E-state index in [2.05, 4.69) is 5.32 Å². The summed E-state index contributed by atoms with van der Waals surface area (Å²) in [5, 5.41) is 12.5. The van der Waals surface area contributed by atoms with E-state index in [1.54, 1.807) is 38.0 Å². The van der Waals surface area contributed by atoms with Gasteiger partial charge in [-0.2, -0.15) is 0 Å². The Morgan fingerprint density at radius 2 is 1.81 bits per heavy atom. The molecule has 1 aliphatic rings. The number of aromatic nitrogens is 1. The summed E-state index contributed by atoms with van der Waals surface area (Å²) in [7, 11) is 4.68. The fourth-order valence-electron chi connectivity index (χ4n) is 3.97. The van der Waals surface area contributed by atoms with Crippen LogP contribution in [0, 0.1) is 0 Å². The molecule has 2 aromatic carbocycles. The Morgan fingerprint density at radius 1 is 1.06 bits per heavy atom. The maximum absolute atomic E-state index is 12.6. The van der Waals surface area contributed by atoms with E-state index in [1.807, 2.05) is 30.3 Å². The van der Waals surface area contributed by atoms with Crippen molar-refractivity contribution in [1.29, 1.82) is 0 Å². The third-order valence-electron chi connectivity index (χ3n) is 5.40. The quantitative estimate of drug-likeness (QED) is 0.629. The largest absolute Gasteiger partial charge is 0.497 e. The van der Waals surface area contributed by atoms with Crippen molar-refractivity contribution in [3.8, 4) is 22.9 Å². The Bertz CT molecular complexity index is 1170. The molecule has 1 amide bonds. The van der Waals surface area contributed by atoms with Gasteiger partial charge in [-0.25, -0.2) is 4.79 Å². The summed E-state index contributed by atoms with van der Waals surface area (Å²) in [6, 6.07) is 12.7. The number of benzene rings is 2. The Hall–Kier alpha value is -3.94. The van der Waals surface area contributed by atoms with Crippen LogP contribution in [0.25, 0.3) is 5.69 Å². The zero-order valence-electron chi connectivity index (χ0n) is 17.3. The fraction of sp³-hybridized carbons (Fsp3) is 0.217. The molecule has 1 atom stereocenters. The maximum Gasteiger partial charge on any atom is 0.339 e. The molecule has 8 heteroatoms. The molecule has 31 heavy (non-hydrogen) atoms. The smallest absolute Gasteiger partial charge is 0.339 e. The summed E-state index contributed by atoms with van der Waals surface area (Å²) in [4.78, 5) is 24.6. The number of aromatic carboxylic acids is 1. The molecule has 0 unspecified atom stereocenters. The van der Waals surface area contributed by atoms with E-state index < -0.39 is 11.9 Å². The first kappa shape index (κ1) is 20.3. The van der Waals surface area contributed by atoms with Gasteiger partial charge in [0.2, 0.25) is 5.91 Å². The van der Waals surface area contributed by atoms with Gasteiger partial charge >= 0.3 is 5.97 Å². The number of ether oxygens (including phenoxy) is 3. The summed E-state index contributed by atoms with van der Waals surface area (Å²) in [6.07, 6.45) is 1.65. The Morgan fingerprint density at radius 3 is 2.48 bits per heavy atom. The standard InChI is InChI=1S/C23H22N2O6/c1-29-14-6-4-5-13(9-14)25-12-18(23(27)28)21-22(25)17(11-20(26)24-21)16-10-15(30-2)7-8-19(16)31-3/h4-10,12,17H,11H2,1-3H3,(H,24,26)(H,27,28)/t17-/m0/s1. The van der Waals surface area contributed by atoms with Crippen molar-refractivity contribution in [2.45, 2.75) is 12.3 Å². The van der Waals surface area contributed by atoms with Crippen molar-refractivity contribution in [1.82, 2.24) is 4.57 Å². The predicted molar refractivity (Wildman–Crippen MR) is 114 cm³/mol. The lowest BCUT2D eigenvalue weighted by Crippen LogP contribution is -2.25. The highest BCUT2D eigenvalue weighted by atomic mass is 16.5. The molecule has 2 heterocycles. The lowest BCUT2D eigenvalue weighted by atomic mass is 9.87. The number of hydrogen-bond acceptors (Lipinski definition) is 5. The van der Waals surface area contributed by atoms with Crippen LogP contribution in [0.2, 0.25) is 0 Å². The molecule has 2 N–H and O–H groups in total. The second-order valence-electron chi connectivity index (χ2n) is 7.09. The van der Waals surface area contributed by atoms with Crippen molar-refractivity contribution in [3.05, 3.63) is 65.5 Å². The van der Waals surface area contributed by atoms with Gasteiger partial charge in [0.15, 0.2) is 0 Å². The van der Waals surface area contributed by atoms with E-state index in [9.17, 15) is 14.7 Å². The van der Waals surface area contributed by atoms with Crippen LogP contribution in [0.3, 0.4) is 0 Å². The second kappa shape index (κ2) is 8.06. The van der Waals surface area contributed by atoms with Gasteiger partial charge in [0.1, 0.15) is 22.8 Å². The summed E-state index contributed by atoms with van der Waals surface area (Å²) in [5.74, 6) is -0.0204. The number of hydrogen-bond donors (Lipinski definition) is 2. The van der Waals surface area contributed by atoms with Crippen LogP contribution in [0.15, 0.2) is 48.7 Å². The number of nitrogens with zero attached hydrogens (tertiary/aromatic N) is 1. The molecule has 0 saturated carbocycles. The van der Waals surface area contributed by atoms with E-state index in [0.29, 0.717) is 28.6 Å². The lowest BCUT2D eigenvalue weighted by Gasteiger charge is -2.27. The molecule has 4 rings (SSSR count). The highest BCUT2D eigenvalue weighted by Crippen LogP contribution is 2.45. The van der Waals surface area contributed by atoms with Gasteiger partial charge in [0.05, 0.1) is 32.7 Å². The first-order chi connectivity index (χ1) is 15.0. The highest BCUT2D eigenvalue weighted by molar-refractivity contribution is 6.04. The van der Waals surface area contributed by atoms with E-state index in [0.717, 1.165) is 5.56 Å². The van der Waals surface area contributed by atoms with E-state index in [1.165, 1.54) is 6.20 Å². The minimum absolute atomic E-state index is 0.0118. The zero-order valence-corrected chi connectivity index (χ0v) is 17.3. The van der Waals surface area contributed by atoms with Gasteiger partial charge in [-0.1, -0.05) is 6.07 Å². The Kier molecular flexibility index (Phi) is 5.29. The van der Waals surface area contributed by atoms with Gasteiger partial charge in [-0.15, -0.1) is 0 Å². The lowest BCUT2D eigenvalue weighted by molar-refractivity contribution is -0.116. The molecule has 8 nitrogen and oxygen atoms in total. The van der Waals surface area contributed by atoms with Crippen molar-refractivity contribution in [2.75, 3.05) is 26.6 Å². The van der Waals surface area contributed by atoms with Gasteiger partial charge in [0, 0.05) is 35.9 Å². The number of nitrogens with one attached hydrogen (secondary N) is 1. The van der Waals surface area contributed by atoms with Crippen LogP contribution in [0.1, 0.15) is 34.0 Å². The fourth-order valence-corrected chi connectivity index (χ4v) is 3.97. The average molecular weight is 422 g/mol.